The minimum absolute atomic E-state index is 0.0448. The van der Waals surface area contributed by atoms with Crippen LogP contribution in [0.15, 0.2) is 53.4 Å². The summed E-state index contributed by atoms with van der Waals surface area (Å²) >= 11 is 0. The van der Waals surface area contributed by atoms with E-state index in [1.54, 1.807) is 30.3 Å². The van der Waals surface area contributed by atoms with Gasteiger partial charge in [0.25, 0.3) is 0 Å². The fraction of sp³-hybridized carbons (Fsp3) is 0.381. The molecule has 2 aromatic rings. The number of rotatable bonds is 5. The lowest BCUT2D eigenvalue weighted by Crippen LogP contribution is -2.42. The molecule has 2 heterocycles. The first-order valence-corrected chi connectivity index (χ1v) is 11.2. The van der Waals surface area contributed by atoms with Gasteiger partial charge in [-0.25, -0.2) is 8.42 Å². The maximum Gasteiger partial charge on any atom is 0.243 e. The molecule has 2 aromatic carbocycles. The highest BCUT2D eigenvalue weighted by Crippen LogP contribution is 2.31. The Labute approximate surface area is 170 Å². The van der Waals surface area contributed by atoms with E-state index < -0.39 is 10.0 Å². The average molecular weight is 416 g/mol. The molecule has 0 saturated carbocycles. The normalized spacial score (nSPS) is 17.7. The van der Waals surface area contributed by atoms with E-state index in [0.29, 0.717) is 56.3 Å². The number of hydrogen-bond donors (Lipinski definition) is 1. The molecule has 154 valence electrons. The topological polar surface area (TPSA) is 84.9 Å². The number of nitrogens with one attached hydrogen (secondary N) is 1. The highest BCUT2D eigenvalue weighted by molar-refractivity contribution is 7.89. The van der Waals surface area contributed by atoms with Crippen molar-refractivity contribution >= 4 is 15.9 Å². The second kappa shape index (κ2) is 8.42. The first-order chi connectivity index (χ1) is 14.0. The van der Waals surface area contributed by atoms with Crippen LogP contribution in [0.5, 0.6) is 11.5 Å². The predicted molar refractivity (Wildman–Crippen MR) is 107 cm³/mol. The molecule has 2 aliphatic rings. The van der Waals surface area contributed by atoms with Crippen molar-refractivity contribution in [1.29, 1.82) is 0 Å². The quantitative estimate of drug-likeness (QED) is 0.808. The first-order valence-electron chi connectivity index (χ1n) is 9.75. The number of sulfonamides is 1. The molecule has 8 heteroatoms. The third-order valence-corrected chi connectivity index (χ3v) is 7.19. The lowest BCUT2D eigenvalue weighted by molar-refractivity contribution is -0.126. The van der Waals surface area contributed by atoms with Crippen molar-refractivity contribution < 1.29 is 22.7 Å². The molecule has 1 N–H and O–H groups in total. The molecule has 0 radical (unpaired) electrons. The number of amides is 1. The van der Waals surface area contributed by atoms with Crippen molar-refractivity contribution in [1.82, 2.24) is 9.62 Å². The van der Waals surface area contributed by atoms with Crippen molar-refractivity contribution in [3.8, 4) is 11.5 Å². The van der Waals surface area contributed by atoms with E-state index >= 15 is 0 Å². The Morgan fingerprint density at radius 2 is 1.69 bits per heavy atom. The third-order valence-electron chi connectivity index (χ3n) is 5.28. The van der Waals surface area contributed by atoms with Crippen LogP contribution in [0.4, 0.5) is 0 Å². The zero-order valence-electron chi connectivity index (χ0n) is 16.0. The molecule has 4 rings (SSSR count). The van der Waals surface area contributed by atoms with E-state index in [9.17, 15) is 13.2 Å². The van der Waals surface area contributed by atoms with E-state index in [4.69, 9.17) is 9.47 Å². The van der Waals surface area contributed by atoms with Gasteiger partial charge in [-0.3, -0.25) is 4.79 Å². The second-order valence-corrected chi connectivity index (χ2v) is 9.13. The monoisotopic (exact) mass is 416 g/mol. The number of ether oxygens (including phenoxy) is 2. The molecular formula is C21H24N2O5S. The van der Waals surface area contributed by atoms with Gasteiger partial charge in [0.1, 0.15) is 13.2 Å². The van der Waals surface area contributed by atoms with Gasteiger partial charge in [-0.15, -0.1) is 0 Å². The van der Waals surface area contributed by atoms with Gasteiger partial charge in [-0.1, -0.05) is 24.3 Å². The van der Waals surface area contributed by atoms with Crippen LogP contribution in [0.2, 0.25) is 0 Å². The molecule has 0 aliphatic carbocycles. The van der Waals surface area contributed by atoms with Crippen molar-refractivity contribution in [2.45, 2.75) is 24.3 Å². The summed E-state index contributed by atoms with van der Waals surface area (Å²) in [5.41, 5.74) is 0.937. The summed E-state index contributed by atoms with van der Waals surface area (Å²) in [5, 5.41) is 2.96. The number of hydrogen-bond acceptors (Lipinski definition) is 5. The molecule has 1 fully saturated rings. The van der Waals surface area contributed by atoms with Gasteiger partial charge in [0, 0.05) is 25.6 Å². The summed E-state index contributed by atoms with van der Waals surface area (Å²) in [4.78, 5) is 12.8. The average Bonchev–Trinajstić information content (AvgIpc) is 2.78. The molecule has 0 unspecified atom stereocenters. The third kappa shape index (κ3) is 4.38. The summed E-state index contributed by atoms with van der Waals surface area (Å²) in [6.45, 7) is 2.16. The van der Waals surface area contributed by atoms with Crippen LogP contribution in [0, 0.1) is 5.92 Å². The van der Waals surface area contributed by atoms with Crippen molar-refractivity contribution in [3.63, 3.8) is 0 Å². The number of carbonyl (C=O) groups excluding carboxylic acids is 1. The lowest BCUT2D eigenvalue weighted by atomic mass is 9.97. The molecular weight excluding hydrogens is 392 g/mol. The molecule has 0 spiro atoms. The SMILES string of the molecule is O=C(NCc1ccc2c(c1)OCCO2)C1CCN(S(=O)(=O)c2ccccc2)CC1. The number of nitrogens with zero attached hydrogens (tertiary/aromatic N) is 1. The van der Waals surface area contributed by atoms with Crippen LogP contribution < -0.4 is 14.8 Å². The summed E-state index contributed by atoms with van der Waals surface area (Å²) in [6, 6.07) is 14.0. The first kappa shape index (κ1) is 19.7. The Bertz CT molecular complexity index is 970. The van der Waals surface area contributed by atoms with E-state index in [-0.39, 0.29) is 11.8 Å². The Morgan fingerprint density at radius 1 is 1.00 bits per heavy atom. The Hall–Kier alpha value is -2.58. The van der Waals surface area contributed by atoms with E-state index in [2.05, 4.69) is 5.32 Å². The molecule has 29 heavy (non-hydrogen) atoms. The standard InChI is InChI=1S/C21H24N2O5S/c24-21(22-15-16-6-7-19-20(14-16)28-13-12-27-19)17-8-10-23(11-9-17)29(25,26)18-4-2-1-3-5-18/h1-7,14,17H,8-13,15H2,(H,22,24). The molecule has 0 aromatic heterocycles. The molecule has 2 aliphatic heterocycles. The summed E-state index contributed by atoms with van der Waals surface area (Å²) in [5.74, 6) is 1.19. The number of carbonyl (C=O) groups is 1. The summed E-state index contributed by atoms with van der Waals surface area (Å²) in [7, 11) is -3.50. The lowest BCUT2D eigenvalue weighted by Gasteiger charge is -2.30. The molecule has 1 amide bonds. The Morgan fingerprint density at radius 3 is 2.41 bits per heavy atom. The number of piperidine rings is 1. The van der Waals surface area contributed by atoms with Crippen LogP contribution in [0.1, 0.15) is 18.4 Å². The Balaban J connectivity index is 1.30. The number of benzene rings is 2. The maximum atomic E-state index is 12.7. The smallest absolute Gasteiger partial charge is 0.243 e. The van der Waals surface area contributed by atoms with E-state index in [1.807, 2.05) is 18.2 Å². The second-order valence-electron chi connectivity index (χ2n) is 7.19. The van der Waals surface area contributed by atoms with Gasteiger partial charge in [0.2, 0.25) is 15.9 Å². The van der Waals surface area contributed by atoms with Crippen LogP contribution >= 0.6 is 0 Å². The van der Waals surface area contributed by atoms with Crippen molar-refractivity contribution in [2.75, 3.05) is 26.3 Å². The van der Waals surface area contributed by atoms with Crippen LogP contribution in [-0.2, 0) is 21.4 Å². The molecule has 1 saturated heterocycles. The predicted octanol–water partition coefficient (Wildman–Crippen LogP) is 2.17. The number of fused-ring (bicyclic) bond motifs is 1. The zero-order chi connectivity index (χ0) is 20.3. The van der Waals surface area contributed by atoms with E-state index in [0.717, 1.165) is 11.3 Å². The van der Waals surface area contributed by atoms with Gasteiger partial charge < -0.3 is 14.8 Å². The minimum atomic E-state index is -3.50. The largest absolute Gasteiger partial charge is 0.486 e. The van der Waals surface area contributed by atoms with Crippen LogP contribution in [-0.4, -0.2) is 44.9 Å². The fourth-order valence-electron chi connectivity index (χ4n) is 3.63. The summed E-state index contributed by atoms with van der Waals surface area (Å²) in [6.07, 6.45) is 1.03. The highest BCUT2D eigenvalue weighted by Gasteiger charge is 2.31. The van der Waals surface area contributed by atoms with E-state index in [1.165, 1.54) is 4.31 Å². The van der Waals surface area contributed by atoms with Crippen molar-refractivity contribution in [3.05, 3.63) is 54.1 Å². The van der Waals surface area contributed by atoms with Gasteiger partial charge in [-0.05, 0) is 42.7 Å². The highest BCUT2D eigenvalue weighted by atomic mass is 32.2. The molecule has 7 nitrogen and oxygen atoms in total. The fourth-order valence-corrected chi connectivity index (χ4v) is 5.12. The maximum absolute atomic E-state index is 12.7. The Kier molecular flexibility index (Phi) is 5.73. The van der Waals surface area contributed by atoms with Crippen LogP contribution in [0.3, 0.4) is 0 Å². The van der Waals surface area contributed by atoms with Gasteiger partial charge in [-0.2, -0.15) is 4.31 Å². The van der Waals surface area contributed by atoms with Crippen LogP contribution in [0.25, 0.3) is 0 Å². The minimum Gasteiger partial charge on any atom is -0.486 e. The molecule has 0 bridgehead atoms. The molecule has 0 atom stereocenters. The zero-order valence-corrected chi connectivity index (χ0v) is 16.9. The van der Waals surface area contributed by atoms with Gasteiger partial charge in [0.05, 0.1) is 4.90 Å². The van der Waals surface area contributed by atoms with Gasteiger partial charge in [0.15, 0.2) is 11.5 Å². The van der Waals surface area contributed by atoms with Gasteiger partial charge >= 0.3 is 0 Å². The summed E-state index contributed by atoms with van der Waals surface area (Å²) < 4.78 is 37.9. The van der Waals surface area contributed by atoms with Crippen molar-refractivity contribution in [2.24, 2.45) is 5.92 Å².